The monoisotopic (exact) mass is 378 g/mol. The van der Waals surface area contributed by atoms with E-state index in [-0.39, 0.29) is 29.8 Å². The largest absolute Gasteiger partial charge is 0.497 e. The number of methoxy groups -OCH3 is 1. The lowest BCUT2D eigenvalue weighted by Crippen LogP contribution is -2.53. The van der Waals surface area contributed by atoms with Gasteiger partial charge in [0.1, 0.15) is 5.75 Å². The van der Waals surface area contributed by atoms with Crippen LogP contribution < -0.4 is 4.74 Å². The Morgan fingerprint density at radius 2 is 1.71 bits per heavy atom. The van der Waals surface area contributed by atoms with Crippen molar-refractivity contribution < 1.29 is 14.3 Å². The Kier molecular flexibility index (Phi) is 5.07. The number of carbonyl (C=O) groups is 2. The molecule has 0 bridgehead atoms. The molecule has 2 fully saturated rings. The second kappa shape index (κ2) is 7.66. The van der Waals surface area contributed by atoms with Crippen molar-refractivity contribution >= 4 is 11.8 Å². The van der Waals surface area contributed by atoms with Crippen LogP contribution in [-0.4, -0.2) is 53.9 Å². The van der Waals surface area contributed by atoms with E-state index < -0.39 is 0 Å². The number of rotatable bonds is 3. The van der Waals surface area contributed by atoms with E-state index in [0.29, 0.717) is 12.1 Å². The molecule has 2 amide bonds. The zero-order valence-electron chi connectivity index (χ0n) is 16.4. The normalized spacial score (nSPS) is 24.0. The molecular weight excluding hydrogens is 352 g/mol. The van der Waals surface area contributed by atoms with Gasteiger partial charge in [-0.2, -0.15) is 0 Å². The number of piperidine rings is 1. The molecule has 2 saturated heterocycles. The van der Waals surface area contributed by atoms with Crippen LogP contribution in [0.5, 0.6) is 5.75 Å². The third kappa shape index (κ3) is 3.26. The maximum atomic E-state index is 13.3. The van der Waals surface area contributed by atoms with E-state index in [1.807, 2.05) is 52.3 Å². The molecular formula is C23H26N2O3. The minimum atomic E-state index is -0.00116. The van der Waals surface area contributed by atoms with E-state index >= 15 is 0 Å². The highest BCUT2D eigenvalue weighted by atomic mass is 16.5. The van der Waals surface area contributed by atoms with Crippen LogP contribution >= 0.6 is 0 Å². The van der Waals surface area contributed by atoms with Gasteiger partial charge in [0.25, 0.3) is 5.91 Å². The summed E-state index contributed by atoms with van der Waals surface area (Å²) in [6.07, 6.45) is 1.86. The van der Waals surface area contributed by atoms with Crippen molar-refractivity contribution in [3.05, 3.63) is 65.7 Å². The van der Waals surface area contributed by atoms with Crippen LogP contribution in [0, 0.1) is 0 Å². The number of nitrogens with zero attached hydrogens (tertiary/aromatic N) is 2. The Bertz CT molecular complexity index is 850. The highest BCUT2D eigenvalue weighted by Gasteiger charge is 2.49. The predicted octanol–water partition coefficient (Wildman–Crippen LogP) is 3.31. The quantitative estimate of drug-likeness (QED) is 0.823. The SMILES string of the molecule is COc1ccc([C@H]2CN(C(C)=O)[C@@H]3CCCN(C(=O)c4ccccc4)[C@H]23)cc1. The number of fused-ring (bicyclic) bond motifs is 1. The Morgan fingerprint density at radius 3 is 2.36 bits per heavy atom. The molecule has 2 aliphatic heterocycles. The molecule has 4 rings (SSSR count). The Hall–Kier alpha value is -2.82. The van der Waals surface area contributed by atoms with Crippen LogP contribution in [0.3, 0.4) is 0 Å². The lowest BCUT2D eigenvalue weighted by Gasteiger charge is -2.41. The van der Waals surface area contributed by atoms with Crippen molar-refractivity contribution in [2.75, 3.05) is 20.2 Å². The molecule has 5 heteroatoms. The lowest BCUT2D eigenvalue weighted by atomic mass is 9.85. The molecule has 0 radical (unpaired) electrons. The molecule has 0 saturated carbocycles. The van der Waals surface area contributed by atoms with Gasteiger partial charge < -0.3 is 14.5 Å². The van der Waals surface area contributed by atoms with Crippen LogP contribution in [0.15, 0.2) is 54.6 Å². The Morgan fingerprint density at radius 1 is 1.00 bits per heavy atom. The first-order valence-electron chi connectivity index (χ1n) is 9.87. The summed E-state index contributed by atoms with van der Waals surface area (Å²) in [5.41, 5.74) is 1.85. The van der Waals surface area contributed by atoms with E-state index in [2.05, 4.69) is 12.1 Å². The van der Waals surface area contributed by atoms with Gasteiger partial charge in [0.15, 0.2) is 0 Å². The fourth-order valence-corrected chi connectivity index (χ4v) is 4.78. The fraction of sp³-hybridized carbons (Fsp3) is 0.391. The molecule has 146 valence electrons. The summed E-state index contributed by atoms with van der Waals surface area (Å²) in [5.74, 6) is 1.05. The zero-order chi connectivity index (χ0) is 19.7. The first-order chi connectivity index (χ1) is 13.6. The topological polar surface area (TPSA) is 49.9 Å². The summed E-state index contributed by atoms with van der Waals surface area (Å²) in [6, 6.07) is 17.5. The number of amides is 2. The molecule has 5 nitrogen and oxygen atoms in total. The second-order valence-corrected chi connectivity index (χ2v) is 7.62. The van der Waals surface area contributed by atoms with E-state index in [1.54, 1.807) is 14.0 Å². The van der Waals surface area contributed by atoms with E-state index in [0.717, 1.165) is 30.7 Å². The van der Waals surface area contributed by atoms with Gasteiger partial charge in [-0.3, -0.25) is 9.59 Å². The maximum Gasteiger partial charge on any atom is 0.254 e. The molecule has 0 aromatic heterocycles. The predicted molar refractivity (Wildman–Crippen MR) is 107 cm³/mol. The molecule has 0 spiro atoms. The lowest BCUT2D eigenvalue weighted by molar-refractivity contribution is -0.130. The maximum absolute atomic E-state index is 13.3. The molecule has 2 aromatic rings. The molecule has 3 atom stereocenters. The summed E-state index contributed by atoms with van der Waals surface area (Å²) in [5, 5.41) is 0. The molecule has 2 heterocycles. The van der Waals surface area contributed by atoms with Crippen LogP contribution in [0.25, 0.3) is 0 Å². The van der Waals surface area contributed by atoms with Crippen molar-refractivity contribution in [1.82, 2.24) is 9.80 Å². The second-order valence-electron chi connectivity index (χ2n) is 7.62. The van der Waals surface area contributed by atoms with Crippen molar-refractivity contribution in [1.29, 1.82) is 0 Å². The number of hydrogen-bond acceptors (Lipinski definition) is 3. The van der Waals surface area contributed by atoms with Crippen LogP contribution in [0.4, 0.5) is 0 Å². The van der Waals surface area contributed by atoms with Crippen molar-refractivity contribution in [3.63, 3.8) is 0 Å². The van der Waals surface area contributed by atoms with Crippen LogP contribution in [-0.2, 0) is 4.79 Å². The van der Waals surface area contributed by atoms with Crippen molar-refractivity contribution in [2.24, 2.45) is 0 Å². The smallest absolute Gasteiger partial charge is 0.254 e. The van der Waals surface area contributed by atoms with Crippen LogP contribution in [0.2, 0.25) is 0 Å². The molecule has 0 unspecified atom stereocenters. The molecule has 2 aliphatic rings. The van der Waals surface area contributed by atoms with Gasteiger partial charge in [-0.25, -0.2) is 0 Å². The molecule has 0 N–H and O–H groups in total. The summed E-state index contributed by atoms with van der Waals surface area (Å²) >= 11 is 0. The number of hydrogen-bond donors (Lipinski definition) is 0. The van der Waals surface area contributed by atoms with Gasteiger partial charge in [0.05, 0.1) is 19.2 Å². The Labute approximate surface area is 165 Å². The van der Waals surface area contributed by atoms with E-state index in [9.17, 15) is 9.59 Å². The number of ether oxygens (including phenoxy) is 1. The van der Waals surface area contributed by atoms with Gasteiger partial charge >= 0.3 is 0 Å². The average molecular weight is 378 g/mol. The standard InChI is InChI=1S/C23H26N2O3/c1-16(26)25-15-20(17-10-12-19(28-2)13-11-17)22-21(25)9-6-14-24(22)23(27)18-7-4-3-5-8-18/h3-5,7-8,10-13,20-22H,6,9,14-15H2,1-2H3/t20-,21-,22-/m1/s1. The van der Waals surface area contributed by atoms with Gasteiger partial charge in [-0.05, 0) is 42.7 Å². The molecule has 0 aliphatic carbocycles. The highest BCUT2D eigenvalue weighted by molar-refractivity contribution is 5.94. The first kappa shape index (κ1) is 18.5. The minimum absolute atomic E-state index is 0.00116. The van der Waals surface area contributed by atoms with Crippen LogP contribution in [0.1, 0.15) is 41.6 Å². The third-order valence-electron chi connectivity index (χ3n) is 6.09. The van der Waals surface area contributed by atoms with Crippen molar-refractivity contribution in [2.45, 2.75) is 37.8 Å². The zero-order valence-corrected chi connectivity index (χ0v) is 16.4. The van der Waals surface area contributed by atoms with Crippen molar-refractivity contribution in [3.8, 4) is 5.75 Å². The molecule has 28 heavy (non-hydrogen) atoms. The summed E-state index contributed by atoms with van der Waals surface area (Å²) in [4.78, 5) is 29.6. The average Bonchev–Trinajstić information content (AvgIpc) is 3.14. The van der Waals surface area contributed by atoms with Gasteiger partial charge in [0, 0.05) is 31.5 Å². The summed E-state index contributed by atoms with van der Waals surface area (Å²) < 4.78 is 5.29. The van der Waals surface area contributed by atoms with Gasteiger partial charge in [0.2, 0.25) is 5.91 Å². The molecule has 2 aromatic carbocycles. The highest BCUT2D eigenvalue weighted by Crippen LogP contribution is 2.41. The summed E-state index contributed by atoms with van der Waals surface area (Å²) in [6.45, 7) is 3.01. The van der Waals surface area contributed by atoms with Gasteiger partial charge in [-0.1, -0.05) is 30.3 Å². The van der Waals surface area contributed by atoms with E-state index in [1.165, 1.54) is 0 Å². The summed E-state index contributed by atoms with van der Waals surface area (Å²) in [7, 11) is 1.65. The van der Waals surface area contributed by atoms with E-state index in [4.69, 9.17) is 4.74 Å². The fourth-order valence-electron chi connectivity index (χ4n) is 4.78. The number of benzene rings is 2. The van der Waals surface area contributed by atoms with Gasteiger partial charge in [-0.15, -0.1) is 0 Å². The minimum Gasteiger partial charge on any atom is -0.497 e. The number of likely N-dealkylation sites (tertiary alicyclic amines) is 2. The first-order valence-corrected chi connectivity index (χ1v) is 9.87. The Balaban J connectivity index is 1.70. The third-order valence-corrected chi connectivity index (χ3v) is 6.09. The number of carbonyl (C=O) groups excluding carboxylic acids is 2.